The van der Waals surface area contributed by atoms with Crippen LogP contribution in [0.5, 0.6) is 0 Å². The van der Waals surface area contributed by atoms with Crippen molar-refractivity contribution in [3.63, 3.8) is 0 Å². The normalized spacial score (nSPS) is 24.4. The molecule has 1 aromatic carbocycles. The van der Waals surface area contributed by atoms with E-state index in [1.165, 1.54) is 35.5 Å². The Morgan fingerprint density at radius 3 is 2.46 bits per heavy atom. The number of hydrogen-bond acceptors (Lipinski definition) is 6. The fraction of sp³-hybridized carbons (Fsp3) is 0.579. The van der Waals surface area contributed by atoms with Gasteiger partial charge in [-0.25, -0.2) is 13.2 Å². The van der Waals surface area contributed by atoms with Gasteiger partial charge in [0, 0.05) is 19.1 Å². The lowest BCUT2D eigenvalue weighted by atomic mass is 10.2. The van der Waals surface area contributed by atoms with Crippen LogP contribution >= 0.6 is 0 Å². The van der Waals surface area contributed by atoms with Crippen LogP contribution in [0.3, 0.4) is 0 Å². The van der Waals surface area contributed by atoms with E-state index in [0.29, 0.717) is 0 Å². The predicted molar refractivity (Wildman–Crippen MR) is 101 cm³/mol. The molecule has 2 aliphatic rings. The molecule has 1 saturated heterocycles. The molecule has 9 heteroatoms. The molecule has 1 saturated carbocycles. The van der Waals surface area contributed by atoms with Crippen molar-refractivity contribution < 1.29 is 27.5 Å². The summed E-state index contributed by atoms with van der Waals surface area (Å²) in [6, 6.07) is 5.86. The standard InChI is InChI=1S/C19H26N2O6S/c1-12-10-21(11-13(2)26-12)28(24,25)17-6-4-5-15(9-17)19(23)27-14(3)18(22)20-16-7-8-16/h4-6,9,12-14,16H,7-8,10-11H2,1-3H3,(H,20,22)/t12-,13-,14-/m1/s1. The van der Waals surface area contributed by atoms with Crippen LogP contribution in [0.25, 0.3) is 0 Å². The summed E-state index contributed by atoms with van der Waals surface area (Å²) in [5, 5.41) is 2.77. The minimum Gasteiger partial charge on any atom is -0.449 e. The molecule has 3 atom stereocenters. The summed E-state index contributed by atoms with van der Waals surface area (Å²) >= 11 is 0. The molecule has 1 N–H and O–H groups in total. The van der Waals surface area contributed by atoms with Gasteiger partial charge in [0.15, 0.2) is 6.10 Å². The van der Waals surface area contributed by atoms with Crippen molar-refractivity contribution in [2.45, 2.75) is 62.9 Å². The second kappa shape index (κ2) is 8.18. The summed E-state index contributed by atoms with van der Waals surface area (Å²) in [6.07, 6.45) is 0.500. The third kappa shape index (κ3) is 4.89. The van der Waals surface area contributed by atoms with E-state index in [0.717, 1.165) is 12.8 Å². The number of amides is 1. The van der Waals surface area contributed by atoms with E-state index in [-0.39, 0.29) is 47.7 Å². The van der Waals surface area contributed by atoms with E-state index in [2.05, 4.69) is 5.32 Å². The lowest BCUT2D eigenvalue weighted by Gasteiger charge is -2.34. The van der Waals surface area contributed by atoms with Crippen LogP contribution in [0.2, 0.25) is 0 Å². The Hall–Kier alpha value is -1.97. The molecule has 0 bridgehead atoms. The number of rotatable bonds is 6. The molecule has 0 unspecified atom stereocenters. The summed E-state index contributed by atoms with van der Waals surface area (Å²) < 4.78 is 38.1. The lowest BCUT2D eigenvalue weighted by molar-refractivity contribution is -0.129. The Labute approximate surface area is 165 Å². The van der Waals surface area contributed by atoms with Crippen molar-refractivity contribution in [2.24, 2.45) is 0 Å². The van der Waals surface area contributed by atoms with Crippen LogP contribution in [0.15, 0.2) is 29.2 Å². The molecule has 1 aliphatic carbocycles. The zero-order valence-electron chi connectivity index (χ0n) is 16.3. The molecule has 1 heterocycles. The van der Waals surface area contributed by atoms with E-state index in [1.807, 2.05) is 13.8 Å². The summed E-state index contributed by atoms with van der Waals surface area (Å²) in [5.74, 6) is -1.09. The number of sulfonamides is 1. The van der Waals surface area contributed by atoms with Crippen LogP contribution in [0, 0.1) is 0 Å². The smallest absolute Gasteiger partial charge is 0.338 e. The number of nitrogens with one attached hydrogen (secondary N) is 1. The summed E-state index contributed by atoms with van der Waals surface area (Å²) in [6.45, 7) is 5.63. The van der Waals surface area contributed by atoms with Gasteiger partial charge < -0.3 is 14.8 Å². The maximum absolute atomic E-state index is 13.0. The van der Waals surface area contributed by atoms with Gasteiger partial charge in [0.1, 0.15) is 0 Å². The number of esters is 1. The average Bonchev–Trinajstić information content (AvgIpc) is 3.44. The zero-order chi connectivity index (χ0) is 20.5. The van der Waals surface area contributed by atoms with Crippen LogP contribution in [0.4, 0.5) is 0 Å². The number of benzene rings is 1. The fourth-order valence-corrected chi connectivity index (χ4v) is 4.72. The summed E-state index contributed by atoms with van der Waals surface area (Å²) in [5.41, 5.74) is 0.0847. The number of nitrogens with zero attached hydrogens (tertiary/aromatic N) is 1. The van der Waals surface area contributed by atoms with Crippen molar-refractivity contribution in [1.82, 2.24) is 9.62 Å². The first-order chi connectivity index (χ1) is 13.2. The van der Waals surface area contributed by atoms with Crippen LogP contribution in [0.1, 0.15) is 44.0 Å². The number of ether oxygens (including phenoxy) is 2. The van der Waals surface area contributed by atoms with E-state index < -0.39 is 22.1 Å². The molecule has 0 spiro atoms. The highest BCUT2D eigenvalue weighted by molar-refractivity contribution is 7.89. The van der Waals surface area contributed by atoms with E-state index >= 15 is 0 Å². The molecule has 1 aliphatic heterocycles. The topological polar surface area (TPSA) is 102 Å². The third-order valence-electron chi connectivity index (χ3n) is 4.67. The quantitative estimate of drug-likeness (QED) is 0.710. The Bertz CT molecular complexity index is 842. The fourth-order valence-electron chi connectivity index (χ4n) is 3.09. The maximum Gasteiger partial charge on any atom is 0.338 e. The van der Waals surface area contributed by atoms with Crippen LogP contribution in [-0.2, 0) is 24.3 Å². The van der Waals surface area contributed by atoms with E-state index in [1.54, 1.807) is 0 Å². The molecular formula is C19H26N2O6S. The minimum absolute atomic E-state index is 0.0123. The zero-order valence-corrected chi connectivity index (χ0v) is 17.1. The van der Waals surface area contributed by atoms with Gasteiger partial charge in [-0.3, -0.25) is 4.79 Å². The van der Waals surface area contributed by atoms with Gasteiger partial charge in [-0.2, -0.15) is 4.31 Å². The van der Waals surface area contributed by atoms with Crippen LogP contribution < -0.4 is 5.32 Å². The van der Waals surface area contributed by atoms with Gasteiger partial charge in [-0.15, -0.1) is 0 Å². The molecule has 0 radical (unpaired) electrons. The average molecular weight is 410 g/mol. The maximum atomic E-state index is 13.0. The number of morpholine rings is 1. The molecule has 3 rings (SSSR count). The molecule has 154 valence electrons. The van der Waals surface area contributed by atoms with Crippen molar-refractivity contribution >= 4 is 21.9 Å². The Morgan fingerprint density at radius 2 is 1.86 bits per heavy atom. The third-order valence-corrected chi connectivity index (χ3v) is 6.50. The highest BCUT2D eigenvalue weighted by atomic mass is 32.2. The first-order valence-electron chi connectivity index (χ1n) is 9.44. The monoisotopic (exact) mass is 410 g/mol. The van der Waals surface area contributed by atoms with E-state index in [9.17, 15) is 18.0 Å². The summed E-state index contributed by atoms with van der Waals surface area (Å²) in [4.78, 5) is 24.4. The van der Waals surface area contributed by atoms with Gasteiger partial charge >= 0.3 is 5.97 Å². The number of carbonyl (C=O) groups is 2. The minimum atomic E-state index is -3.77. The highest BCUT2D eigenvalue weighted by Crippen LogP contribution is 2.22. The van der Waals surface area contributed by atoms with Crippen molar-refractivity contribution in [2.75, 3.05) is 13.1 Å². The molecular weight excluding hydrogens is 384 g/mol. The molecule has 8 nitrogen and oxygen atoms in total. The molecule has 2 fully saturated rings. The number of carbonyl (C=O) groups excluding carboxylic acids is 2. The first-order valence-corrected chi connectivity index (χ1v) is 10.9. The second-order valence-electron chi connectivity index (χ2n) is 7.44. The van der Waals surface area contributed by atoms with Gasteiger partial charge in [-0.05, 0) is 51.8 Å². The van der Waals surface area contributed by atoms with Gasteiger partial charge in [0.25, 0.3) is 5.91 Å². The highest BCUT2D eigenvalue weighted by Gasteiger charge is 2.33. The van der Waals surface area contributed by atoms with E-state index in [4.69, 9.17) is 9.47 Å². The second-order valence-corrected chi connectivity index (χ2v) is 9.38. The van der Waals surface area contributed by atoms with Crippen LogP contribution in [-0.4, -0.2) is 62.0 Å². The van der Waals surface area contributed by atoms with Gasteiger partial charge in [0.2, 0.25) is 10.0 Å². The molecule has 1 aromatic rings. The number of hydrogen-bond donors (Lipinski definition) is 1. The Balaban J connectivity index is 1.71. The molecule has 28 heavy (non-hydrogen) atoms. The first kappa shape index (κ1) is 20.8. The molecule has 0 aromatic heterocycles. The Kier molecular flexibility index (Phi) is 6.07. The SMILES string of the molecule is C[C@@H]1CN(S(=O)(=O)c2cccc(C(=O)O[C@H](C)C(=O)NC3CC3)c2)C[C@@H](C)O1. The summed E-state index contributed by atoms with van der Waals surface area (Å²) in [7, 11) is -3.77. The van der Waals surface area contributed by atoms with Crippen molar-refractivity contribution in [3.8, 4) is 0 Å². The van der Waals surface area contributed by atoms with Crippen molar-refractivity contribution in [3.05, 3.63) is 29.8 Å². The van der Waals surface area contributed by atoms with Gasteiger partial charge in [-0.1, -0.05) is 6.07 Å². The molecule has 1 amide bonds. The lowest BCUT2D eigenvalue weighted by Crippen LogP contribution is -2.48. The van der Waals surface area contributed by atoms with Gasteiger partial charge in [0.05, 0.1) is 22.7 Å². The predicted octanol–water partition coefficient (Wildman–Crippen LogP) is 1.31. The van der Waals surface area contributed by atoms with Crippen molar-refractivity contribution in [1.29, 1.82) is 0 Å². The largest absolute Gasteiger partial charge is 0.449 e. The Morgan fingerprint density at radius 1 is 1.21 bits per heavy atom.